The second kappa shape index (κ2) is 5.45. The van der Waals surface area contributed by atoms with Crippen LogP contribution < -0.4 is 5.56 Å². The molecule has 0 aliphatic heterocycles. The fourth-order valence-corrected chi connectivity index (χ4v) is 3.03. The standard InChI is InChI=1S/C11H7BrN2O4S/c12-7-3-5-19-10(7)9(15)6-13-4-1-2-8(11(13)16)14(17)18/h1-5H,6H2. The van der Waals surface area contributed by atoms with Crippen molar-refractivity contribution in [1.82, 2.24) is 4.57 Å². The van der Waals surface area contributed by atoms with E-state index in [0.29, 0.717) is 9.35 Å². The summed E-state index contributed by atoms with van der Waals surface area (Å²) in [6.45, 7) is -0.223. The van der Waals surface area contributed by atoms with E-state index in [1.165, 1.54) is 23.6 Å². The maximum Gasteiger partial charge on any atom is 0.334 e. The fourth-order valence-electron chi connectivity index (χ4n) is 1.51. The number of nitrogens with zero attached hydrogens (tertiary/aromatic N) is 2. The smallest absolute Gasteiger partial charge is 0.302 e. The van der Waals surface area contributed by atoms with Gasteiger partial charge in [-0.15, -0.1) is 11.3 Å². The molecule has 0 fully saturated rings. The largest absolute Gasteiger partial charge is 0.334 e. The minimum absolute atomic E-state index is 0.223. The Hall–Kier alpha value is -1.80. The lowest BCUT2D eigenvalue weighted by Crippen LogP contribution is -2.25. The minimum atomic E-state index is -0.784. The molecule has 2 heterocycles. The molecule has 2 aromatic rings. The van der Waals surface area contributed by atoms with Crippen LogP contribution in [0.4, 0.5) is 5.69 Å². The Kier molecular flexibility index (Phi) is 3.91. The highest BCUT2D eigenvalue weighted by atomic mass is 79.9. The quantitative estimate of drug-likeness (QED) is 0.485. The molecule has 0 aliphatic carbocycles. The number of halogens is 1. The number of hydrogen-bond acceptors (Lipinski definition) is 5. The van der Waals surface area contributed by atoms with Crippen molar-refractivity contribution in [2.24, 2.45) is 0 Å². The van der Waals surface area contributed by atoms with Crippen molar-refractivity contribution < 1.29 is 9.72 Å². The van der Waals surface area contributed by atoms with Crippen LogP contribution in [0.15, 0.2) is 39.0 Å². The lowest BCUT2D eigenvalue weighted by atomic mass is 10.3. The first kappa shape index (κ1) is 13.6. The van der Waals surface area contributed by atoms with Crippen LogP contribution in [0.3, 0.4) is 0 Å². The summed E-state index contributed by atoms with van der Waals surface area (Å²) in [5.74, 6) is -0.274. The lowest BCUT2D eigenvalue weighted by Gasteiger charge is -2.03. The zero-order valence-corrected chi connectivity index (χ0v) is 11.8. The maximum absolute atomic E-state index is 12.0. The highest BCUT2D eigenvalue weighted by molar-refractivity contribution is 9.10. The number of rotatable bonds is 4. The molecule has 19 heavy (non-hydrogen) atoms. The number of ketones is 1. The summed E-state index contributed by atoms with van der Waals surface area (Å²) in [7, 11) is 0. The summed E-state index contributed by atoms with van der Waals surface area (Å²) in [5.41, 5.74) is -1.32. The van der Waals surface area contributed by atoms with Gasteiger partial charge in [0.2, 0.25) is 0 Å². The molecule has 0 saturated carbocycles. The molecule has 0 unspecified atom stereocenters. The number of nitro groups is 1. The average Bonchev–Trinajstić information content (AvgIpc) is 2.77. The summed E-state index contributed by atoms with van der Waals surface area (Å²) in [4.78, 5) is 34.1. The summed E-state index contributed by atoms with van der Waals surface area (Å²) < 4.78 is 1.69. The Balaban J connectivity index is 2.33. The molecular weight excluding hydrogens is 336 g/mol. The second-order valence-corrected chi connectivity index (χ2v) is 5.37. The van der Waals surface area contributed by atoms with E-state index >= 15 is 0 Å². The summed E-state index contributed by atoms with van der Waals surface area (Å²) in [5, 5.41) is 12.4. The van der Waals surface area contributed by atoms with Gasteiger partial charge in [-0.2, -0.15) is 0 Å². The van der Waals surface area contributed by atoms with Gasteiger partial charge in [0.15, 0.2) is 5.78 Å². The van der Waals surface area contributed by atoms with Gasteiger partial charge < -0.3 is 4.57 Å². The molecule has 0 saturated heterocycles. The molecule has 0 atom stereocenters. The summed E-state index contributed by atoms with van der Waals surface area (Å²) in [6, 6.07) is 4.22. The van der Waals surface area contributed by atoms with Gasteiger partial charge in [0, 0.05) is 16.7 Å². The van der Waals surface area contributed by atoms with Gasteiger partial charge in [-0.3, -0.25) is 19.7 Å². The van der Waals surface area contributed by atoms with E-state index < -0.39 is 16.2 Å². The lowest BCUT2D eigenvalue weighted by molar-refractivity contribution is -0.386. The topological polar surface area (TPSA) is 82.2 Å². The van der Waals surface area contributed by atoms with Crippen LogP contribution in [0, 0.1) is 10.1 Å². The van der Waals surface area contributed by atoms with Crippen molar-refractivity contribution in [2.75, 3.05) is 0 Å². The van der Waals surface area contributed by atoms with E-state index in [1.54, 1.807) is 11.4 Å². The Labute approximate surface area is 119 Å². The molecule has 0 radical (unpaired) electrons. The van der Waals surface area contributed by atoms with Crippen molar-refractivity contribution in [2.45, 2.75) is 6.54 Å². The van der Waals surface area contributed by atoms with E-state index in [4.69, 9.17) is 0 Å². The molecule has 8 heteroatoms. The minimum Gasteiger partial charge on any atom is -0.302 e. The highest BCUT2D eigenvalue weighted by Crippen LogP contribution is 2.23. The van der Waals surface area contributed by atoms with E-state index in [2.05, 4.69) is 15.9 Å². The van der Waals surface area contributed by atoms with Gasteiger partial charge in [0.05, 0.1) is 16.3 Å². The van der Waals surface area contributed by atoms with Gasteiger partial charge >= 0.3 is 11.2 Å². The maximum atomic E-state index is 12.0. The molecule has 0 amide bonds. The Bertz CT molecular complexity index is 707. The number of pyridine rings is 1. The van der Waals surface area contributed by atoms with E-state index in [-0.39, 0.29) is 12.3 Å². The number of thiophene rings is 1. The first-order chi connectivity index (χ1) is 9.00. The average molecular weight is 343 g/mol. The molecule has 6 nitrogen and oxygen atoms in total. The van der Waals surface area contributed by atoms with Crippen molar-refractivity contribution in [3.05, 3.63) is 59.6 Å². The predicted octanol–water partition coefficient (Wildman–Crippen LogP) is 2.46. The molecule has 0 bridgehead atoms. The number of aromatic nitrogens is 1. The zero-order valence-electron chi connectivity index (χ0n) is 9.41. The normalized spacial score (nSPS) is 10.4. The fraction of sp³-hybridized carbons (Fsp3) is 0.0909. The van der Waals surface area contributed by atoms with Gasteiger partial charge in [-0.25, -0.2) is 0 Å². The van der Waals surface area contributed by atoms with Crippen LogP contribution in [0.25, 0.3) is 0 Å². The van der Waals surface area contributed by atoms with Crippen molar-refractivity contribution in [3.8, 4) is 0 Å². The molecule has 2 aromatic heterocycles. The third-order valence-electron chi connectivity index (χ3n) is 2.38. The number of hydrogen-bond donors (Lipinski definition) is 0. The van der Waals surface area contributed by atoms with Crippen LogP contribution in [0.2, 0.25) is 0 Å². The van der Waals surface area contributed by atoms with Crippen LogP contribution >= 0.6 is 27.3 Å². The van der Waals surface area contributed by atoms with E-state index in [0.717, 1.165) is 10.6 Å². The van der Waals surface area contributed by atoms with Crippen LogP contribution in [0.1, 0.15) is 9.67 Å². The van der Waals surface area contributed by atoms with Crippen LogP contribution in [0.5, 0.6) is 0 Å². The number of carbonyl (C=O) groups is 1. The third kappa shape index (κ3) is 2.79. The third-order valence-corrected chi connectivity index (χ3v) is 4.26. The molecular formula is C11H7BrN2O4S. The summed E-state index contributed by atoms with van der Waals surface area (Å²) in [6.07, 6.45) is 1.36. The predicted molar refractivity (Wildman–Crippen MR) is 73.7 cm³/mol. The van der Waals surface area contributed by atoms with E-state index in [1.807, 2.05) is 0 Å². The van der Waals surface area contributed by atoms with Crippen molar-refractivity contribution >= 4 is 38.7 Å². The number of Topliss-reactive ketones (excluding diaryl/α,β-unsaturated/α-hetero) is 1. The molecule has 2 rings (SSSR count). The first-order valence-corrected chi connectivity index (χ1v) is 6.78. The Morgan fingerprint density at radius 2 is 2.21 bits per heavy atom. The van der Waals surface area contributed by atoms with Gasteiger partial charge in [0.25, 0.3) is 0 Å². The zero-order chi connectivity index (χ0) is 14.0. The van der Waals surface area contributed by atoms with Gasteiger partial charge in [-0.1, -0.05) is 0 Å². The highest BCUT2D eigenvalue weighted by Gasteiger charge is 2.17. The first-order valence-electron chi connectivity index (χ1n) is 5.10. The summed E-state index contributed by atoms with van der Waals surface area (Å²) >= 11 is 4.48. The molecule has 0 spiro atoms. The van der Waals surface area contributed by atoms with Gasteiger partial charge in [-0.05, 0) is 33.4 Å². The molecule has 0 aromatic carbocycles. The van der Waals surface area contributed by atoms with Crippen molar-refractivity contribution in [3.63, 3.8) is 0 Å². The number of carbonyl (C=O) groups excluding carboxylic acids is 1. The van der Waals surface area contributed by atoms with Crippen LogP contribution in [-0.2, 0) is 6.54 Å². The van der Waals surface area contributed by atoms with Crippen LogP contribution in [-0.4, -0.2) is 15.3 Å². The monoisotopic (exact) mass is 342 g/mol. The van der Waals surface area contributed by atoms with E-state index in [9.17, 15) is 19.7 Å². The molecule has 98 valence electrons. The Morgan fingerprint density at radius 3 is 2.79 bits per heavy atom. The Morgan fingerprint density at radius 1 is 1.47 bits per heavy atom. The SMILES string of the molecule is O=C(Cn1cccc([N+](=O)[O-])c1=O)c1sccc1Br. The molecule has 0 aliphatic rings. The molecule has 0 N–H and O–H groups in total. The van der Waals surface area contributed by atoms with Gasteiger partial charge in [0.1, 0.15) is 0 Å². The van der Waals surface area contributed by atoms with Crippen molar-refractivity contribution in [1.29, 1.82) is 0 Å². The second-order valence-electron chi connectivity index (χ2n) is 3.60.